The zero-order chi connectivity index (χ0) is 14.7. The molecule has 0 bridgehead atoms. The van der Waals surface area contributed by atoms with E-state index in [1.165, 1.54) is 6.92 Å². The van der Waals surface area contributed by atoms with E-state index >= 15 is 0 Å². The van der Waals surface area contributed by atoms with Gasteiger partial charge in [-0.05, 0) is 6.92 Å². The van der Waals surface area contributed by atoms with E-state index in [-0.39, 0.29) is 32.3 Å². The molecule has 3 amide bonds. The molecular formula is C11H19N3O5. The number of carbonyl (C=O) groups excluding carboxylic acids is 3. The van der Waals surface area contributed by atoms with Gasteiger partial charge in [-0.2, -0.15) is 0 Å². The Morgan fingerprint density at radius 2 is 1.74 bits per heavy atom. The molecule has 0 fully saturated rings. The van der Waals surface area contributed by atoms with Gasteiger partial charge in [-0.3, -0.25) is 10.2 Å². The van der Waals surface area contributed by atoms with Gasteiger partial charge >= 0.3 is 12.0 Å². The standard InChI is InChI=1S/C11H19N3O5/c1-8(2)10(16)19-7-6-18-5-4-12-11(17)14-13-9(3)15/h1,4-7H2,2-3H3,(H,13,15)(H2,12,14,17). The molecule has 0 heterocycles. The van der Waals surface area contributed by atoms with Crippen molar-refractivity contribution < 1.29 is 23.9 Å². The average Bonchev–Trinajstić information content (AvgIpc) is 2.34. The molecule has 0 aliphatic heterocycles. The fourth-order valence-corrected chi connectivity index (χ4v) is 0.844. The SMILES string of the molecule is C=C(C)C(=O)OCCOCCNC(=O)NNC(C)=O. The third kappa shape index (κ3) is 10.8. The highest BCUT2D eigenvalue weighted by Crippen LogP contribution is 1.91. The Morgan fingerprint density at radius 3 is 2.32 bits per heavy atom. The number of hydrogen-bond acceptors (Lipinski definition) is 5. The Bertz CT molecular complexity index is 343. The third-order valence-electron chi connectivity index (χ3n) is 1.69. The van der Waals surface area contributed by atoms with Crippen LogP contribution in [-0.2, 0) is 19.1 Å². The molecule has 0 aliphatic carbocycles. The fourth-order valence-electron chi connectivity index (χ4n) is 0.844. The van der Waals surface area contributed by atoms with Crippen molar-refractivity contribution >= 4 is 17.9 Å². The maximum absolute atomic E-state index is 11.0. The van der Waals surface area contributed by atoms with E-state index in [1.54, 1.807) is 6.92 Å². The molecule has 108 valence electrons. The number of rotatable bonds is 7. The summed E-state index contributed by atoms with van der Waals surface area (Å²) in [6.07, 6.45) is 0. The van der Waals surface area contributed by atoms with Crippen molar-refractivity contribution in [2.45, 2.75) is 13.8 Å². The van der Waals surface area contributed by atoms with Crippen molar-refractivity contribution in [3.63, 3.8) is 0 Å². The van der Waals surface area contributed by atoms with E-state index in [4.69, 9.17) is 9.47 Å². The summed E-state index contributed by atoms with van der Waals surface area (Å²) >= 11 is 0. The molecule has 0 saturated carbocycles. The highest BCUT2D eigenvalue weighted by atomic mass is 16.6. The number of amides is 3. The van der Waals surface area contributed by atoms with Gasteiger partial charge < -0.3 is 14.8 Å². The Morgan fingerprint density at radius 1 is 1.05 bits per heavy atom. The second-order valence-corrected chi connectivity index (χ2v) is 3.59. The Kier molecular flexibility index (Phi) is 8.80. The van der Waals surface area contributed by atoms with E-state index in [1.807, 2.05) is 0 Å². The summed E-state index contributed by atoms with van der Waals surface area (Å²) in [5, 5.41) is 2.44. The Balaban J connectivity index is 3.36. The lowest BCUT2D eigenvalue weighted by Gasteiger charge is -2.08. The molecule has 0 aromatic carbocycles. The van der Waals surface area contributed by atoms with Crippen LogP contribution in [0.25, 0.3) is 0 Å². The molecule has 0 radical (unpaired) electrons. The predicted molar refractivity (Wildman–Crippen MR) is 66.9 cm³/mol. The monoisotopic (exact) mass is 273 g/mol. The lowest BCUT2D eigenvalue weighted by molar-refractivity contribution is -0.140. The van der Waals surface area contributed by atoms with E-state index < -0.39 is 12.0 Å². The van der Waals surface area contributed by atoms with Crippen molar-refractivity contribution in [2.24, 2.45) is 0 Å². The van der Waals surface area contributed by atoms with Crippen LogP contribution in [0.5, 0.6) is 0 Å². The van der Waals surface area contributed by atoms with Crippen molar-refractivity contribution in [1.82, 2.24) is 16.2 Å². The molecule has 0 rings (SSSR count). The summed E-state index contributed by atoms with van der Waals surface area (Å²) in [6, 6.07) is -0.535. The van der Waals surface area contributed by atoms with E-state index in [0.717, 1.165) is 0 Å². The number of nitrogens with one attached hydrogen (secondary N) is 3. The number of hydrogen-bond donors (Lipinski definition) is 3. The smallest absolute Gasteiger partial charge is 0.333 e. The zero-order valence-electron chi connectivity index (χ0n) is 11.1. The lowest BCUT2D eigenvalue weighted by Crippen LogP contribution is -2.46. The molecule has 0 atom stereocenters. The van der Waals surface area contributed by atoms with Crippen LogP contribution in [0, 0.1) is 0 Å². The quantitative estimate of drug-likeness (QED) is 0.250. The van der Waals surface area contributed by atoms with Crippen molar-refractivity contribution in [2.75, 3.05) is 26.4 Å². The molecule has 8 heteroatoms. The molecular weight excluding hydrogens is 254 g/mol. The molecule has 8 nitrogen and oxygen atoms in total. The first-order valence-corrected chi connectivity index (χ1v) is 5.64. The minimum absolute atomic E-state index is 0.129. The molecule has 0 aromatic heterocycles. The number of urea groups is 1. The van der Waals surface area contributed by atoms with Crippen LogP contribution in [0.2, 0.25) is 0 Å². The van der Waals surface area contributed by atoms with Crippen LogP contribution in [0.3, 0.4) is 0 Å². The predicted octanol–water partition coefficient (Wildman–Crippen LogP) is -0.527. The minimum atomic E-state index is -0.535. The molecule has 0 aliphatic rings. The van der Waals surface area contributed by atoms with Crippen LogP contribution >= 0.6 is 0 Å². The van der Waals surface area contributed by atoms with E-state index in [0.29, 0.717) is 5.57 Å². The van der Waals surface area contributed by atoms with E-state index in [9.17, 15) is 14.4 Å². The van der Waals surface area contributed by atoms with Crippen LogP contribution in [0.1, 0.15) is 13.8 Å². The third-order valence-corrected chi connectivity index (χ3v) is 1.69. The van der Waals surface area contributed by atoms with Gasteiger partial charge in [0.25, 0.3) is 0 Å². The van der Waals surface area contributed by atoms with Gasteiger partial charge in [-0.1, -0.05) is 6.58 Å². The van der Waals surface area contributed by atoms with Gasteiger partial charge in [0.05, 0.1) is 13.2 Å². The summed E-state index contributed by atoms with van der Waals surface area (Å²) in [4.78, 5) is 32.5. The van der Waals surface area contributed by atoms with Gasteiger partial charge in [-0.25, -0.2) is 15.0 Å². The second kappa shape index (κ2) is 9.89. The summed E-state index contributed by atoms with van der Waals surface area (Å²) in [7, 11) is 0. The van der Waals surface area contributed by atoms with Crippen LogP contribution in [0.4, 0.5) is 4.79 Å². The van der Waals surface area contributed by atoms with Gasteiger partial charge in [-0.15, -0.1) is 0 Å². The number of esters is 1. The van der Waals surface area contributed by atoms with Crippen LogP contribution in [0.15, 0.2) is 12.2 Å². The number of hydrazine groups is 1. The van der Waals surface area contributed by atoms with Crippen LogP contribution < -0.4 is 16.2 Å². The van der Waals surface area contributed by atoms with Gasteiger partial charge in [0.2, 0.25) is 5.91 Å². The first kappa shape index (κ1) is 16.9. The number of carbonyl (C=O) groups is 3. The molecule has 0 saturated heterocycles. The molecule has 0 aromatic rings. The maximum Gasteiger partial charge on any atom is 0.333 e. The Hall–Kier alpha value is -2.09. The van der Waals surface area contributed by atoms with Crippen LogP contribution in [-0.4, -0.2) is 44.3 Å². The van der Waals surface area contributed by atoms with Gasteiger partial charge in [0.15, 0.2) is 0 Å². The molecule has 3 N–H and O–H groups in total. The average molecular weight is 273 g/mol. The zero-order valence-corrected chi connectivity index (χ0v) is 11.1. The maximum atomic E-state index is 11.0. The highest BCUT2D eigenvalue weighted by Gasteiger charge is 2.02. The second-order valence-electron chi connectivity index (χ2n) is 3.59. The normalized spacial score (nSPS) is 9.37. The fraction of sp³-hybridized carbons (Fsp3) is 0.545. The summed E-state index contributed by atoms with van der Waals surface area (Å²) < 4.78 is 9.89. The number of ether oxygens (including phenoxy) is 2. The topological polar surface area (TPSA) is 106 Å². The summed E-state index contributed by atoms with van der Waals surface area (Å²) in [5.41, 5.74) is 4.58. The minimum Gasteiger partial charge on any atom is -0.460 e. The van der Waals surface area contributed by atoms with E-state index in [2.05, 4.69) is 22.7 Å². The molecule has 19 heavy (non-hydrogen) atoms. The lowest BCUT2D eigenvalue weighted by atomic mass is 10.4. The molecule has 0 unspecified atom stereocenters. The summed E-state index contributed by atoms with van der Waals surface area (Å²) in [5.74, 6) is -0.831. The highest BCUT2D eigenvalue weighted by molar-refractivity contribution is 5.86. The molecule has 0 spiro atoms. The first-order valence-electron chi connectivity index (χ1n) is 5.64. The summed E-state index contributed by atoms with van der Waals surface area (Å²) in [6.45, 7) is 7.15. The van der Waals surface area contributed by atoms with Crippen molar-refractivity contribution in [1.29, 1.82) is 0 Å². The largest absolute Gasteiger partial charge is 0.460 e. The van der Waals surface area contributed by atoms with Gasteiger partial charge in [0, 0.05) is 19.0 Å². The Labute approximate surface area is 111 Å². The van der Waals surface area contributed by atoms with Crippen molar-refractivity contribution in [3.05, 3.63) is 12.2 Å². The van der Waals surface area contributed by atoms with Crippen molar-refractivity contribution in [3.8, 4) is 0 Å². The van der Waals surface area contributed by atoms with Gasteiger partial charge in [0.1, 0.15) is 6.61 Å². The first-order chi connectivity index (χ1) is 8.93.